The van der Waals surface area contributed by atoms with Gasteiger partial charge in [-0.1, -0.05) is 23.9 Å². The molecule has 0 spiro atoms. The van der Waals surface area contributed by atoms with Crippen molar-refractivity contribution in [2.45, 2.75) is 4.90 Å². The summed E-state index contributed by atoms with van der Waals surface area (Å²) in [6.07, 6.45) is 2.06. The van der Waals surface area contributed by atoms with Crippen LogP contribution >= 0.6 is 11.8 Å². The van der Waals surface area contributed by atoms with Crippen molar-refractivity contribution in [2.75, 3.05) is 7.11 Å². The summed E-state index contributed by atoms with van der Waals surface area (Å²) in [5, 5.41) is 1.62. The Kier molecular flexibility index (Phi) is 4.63. The van der Waals surface area contributed by atoms with Crippen LogP contribution in [0.5, 0.6) is 0 Å². The van der Waals surface area contributed by atoms with E-state index < -0.39 is 0 Å². The zero-order valence-electron chi connectivity index (χ0n) is 8.17. The van der Waals surface area contributed by atoms with Crippen molar-refractivity contribution in [1.29, 1.82) is 0 Å². The largest absolute Gasteiger partial charge is 0.465 e. The van der Waals surface area contributed by atoms with E-state index >= 15 is 0 Å². The van der Waals surface area contributed by atoms with E-state index in [-0.39, 0.29) is 5.97 Å². The topological polar surface area (TPSA) is 43.4 Å². The van der Waals surface area contributed by atoms with Crippen LogP contribution in [0.4, 0.5) is 0 Å². The van der Waals surface area contributed by atoms with Crippen LogP contribution in [0.15, 0.2) is 40.6 Å². The average molecular weight is 222 g/mol. The van der Waals surface area contributed by atoms with Gasteiger partial charge in [0, 0.05) is 4.90 Å². The Balaban J connectivity index is 2.90. The van der Waals surface area contributed by atoms with Gasteiger partial charge in [0.25, 0.3) is 0 Å². The standard InChI is InChI=1S/C11H10O3S/c1-14-11(13)9-5-2-3-6-10(9)15-8-4-7-12/h2-8H,1H3/b8-4+. The number of carbonyl (C=O) groups is 2. The third-order valence-electron chi connectivity index (χ3n) is 1.64. The molecule has 0 saturated heterocycles. The van der Waals surface area contributed by atoms with E-state index in [4.69, 9.17) is 0 Å². The average Bonchev–Trinajstić information content (AvgIpc) is 2.29. The van der Waals surface area contributed by atoms with Gasteiger partial charge in [0.2, 0.25) is 0 Å². The highest BCUT2D eigenvalue weighted by molar-refractivity contribution is 8.02. The molecule has 0 aliphatic heterocycles. The predicted molar refractivity (Wildman–Crippen MR) is 58.8 cm³/mol. The number of benzene rings is 1. The molecule has 4 heteroatoms. The third kappa shape index (κ3) is 3.25. The van der Waals surface area contributed by atoms with Crippen molar-refractivity contribution >= 4 is 24.0 Å². The second-order valence-corrected chi connectivity index (χ2v) is 3.52. The van der Waals surface area contributed by atoms with E-state index in [9.17, 15) is 9.59 Å². The number of esters is 1. The smallest absolute Gasteiger partial charge is 0.339 e. The van der Waals surface area contributed by atoms with Crippen molar-refractivity contribution in [3.05, 3.63) is 41.3 Å². The maximum Gasteiger partial charge on any atom is 0.339 e. The van der Waals surface area contributed by atoms with Crippen molar-refractivity contribution in [2.24, 2.45) is 0 Å². The number of allylic oxidation sites excluding steroid dienone is 1. The summed E-state index contributed by atoms with van der Waals surface area (Å²) in [5.41, 5.74) is 0.501. The maximum absolute atomic E-state index is 11.3. The molecule has 0 heterocycles. The fraction of sp³-hybridized carbons (Fsp3) is 0.0909. The number of carbonyl (C=O) groups excluding carboxylic acids is 2. The molecule has 0 saturated carbocycles. The normalized spacial score (nSPS) is 10.2. The monoisotopic (exact) mass is 222 g/mol. The number of hydrogen-bond donors (Lipinski definition) is 0. The molecule has 0 aliphatic rings. The molecular formula is C11H10O3S. The molecule has 3 nitrogen and oxygen atoms in total. The molecular weight excluding hydrogens is 212 g/mol. The minimum atomic E-state index is -0.377. The van der Waals surface area contributed by atoms with Crippen LogP contribution in [-0.4, -0.2) is 19.4 Å². The van der Waals surface area contributed by atoms with E-state index in [1.807, 2.05) is 6.07 Å². The lowest BCUT2D eigenvalue weighted by molar-refractivity contribution is -0.104. The predicted octanol–water partition coefficient (Wildman–Crippen LogP) is 2.28. The van der Waals surface area contributed by atoms with Crippen LogP contribution in [0, 0.1) is 0 Å². The molecule has 1 aromatic carbocycles. The Hall–Kier alpha value is -1.55. The first-order chi connectivity index (χ1) is 7.29. The molecule has 0 fully saturated rings. The van der Waals surface area contributed by atoms with E-state index in [2.05, 4.69) is 4.74 Å². The minimum Gasteiger partial charge on any atom is -0.465 e. The van der Waals surface area contributed by atoms with E-state index in [0.717, 1.165) is 4.90 Å². The maximum atomic E-state index is 11.3. The molecule has 0 radical (unpaired) electrons. The summed E-state index contributed by atoms with van der Waals surface area (Å²) in [5.74, 6) is -0.377. The van der Waals surface area contributed by atoms with Gasteiger partial charge in [-0.15, -0.1) is 0 Å². The van der Waals surface area contributed by atoms with Crippen LogP contribution in [0.3, 0.4) is 0 Å². The van der Waals surface area contributed by atoms with Gasteiger partial charge in [0.05, 0.1) is 12.7 Å². The Bertz CT molecular complexity index is 385. The molecule has 1 rings (SSSR count). The highest BCUT2D eigenvalue weighted by Crippen LogP contribution is 2.23. The van der Waals surface area contributed by atoms with Gasteiger partial charge in [-0.2, -0.15) is 0 Å². The quantitative estimate of drug-likeness (QED) is 0.339. The fourth-order valence-corrected chi connectivity index (χ4v) is 1.72. The summed E-state index contributed by atoms with van der Waals surface area (Å²) in [7, 11) is 1.34. The summed E-state index contributed by atoms with van der Waals surface area (Å²) in [6.45, 7) is 0. The number of methoxy groups -OCH3 is 1. The number of thioether (sulfide) groups is 1. The van der Waals surface area contributed by atoms with Crippen molar-refractivity contribution in [3.8, 4) is 0 Å². The molecule has 15 heavy (non-hydrogen) atoms. The highest BCUT2D eigenvalue weighted by Gasteiger charge is 2.09. The third-order valence-corrected chi connectivity index (χ3v) is 2.55. The second-order valence-electron chi connectivity index (χ2n) is 2.57. The first kappa shape index (κ1) is 11.5. The van der Waals surface area contributed by atoms with E-state index in [0.29, 0.717) is 11.8 Å². The molecule has 0 amide bonds. The number of hydrogen-bond acceptors (Lipinski definition) is 4. The summed E-state index contributed by atoms with van der Waals surface area (Å²) >= 11 is 1.30. The summed E-state index contributed by atoms with van der Waals surface area (Å²) in [4.78, 5) is 22.2. The lowest BCUT2D eigenvalue weighted by Gasteiger charge is -2.03. The van der Waals surface area contributed by atoms with Crippen molar-refractivity contribution in [3.63, 3.8) is 0 Å². The van der Waals surface area contributed by atoms with Gasteiger partial charge in [-0.05, 0) is 23.6 Å². The van der Waals surface area contributed by atoms with Gasteiger partial charge < -0.3 is 4.74 Å². The van der Waals surface area contributed by atoms with Crippen LogP contribution in [-0.2, 0) is 9.53 Å². The molecule has 0 aromatic heterocycles. The molecule has 78 valence electrons. The Morgan fingerprint density at radius 3 is 2.80 bits per heavy atom. The highest BCUT2D eigenvalue weighted by atomic mass is 32.2. The molecule has 0 unspecified atom stereocenters. The minimum absolute atomic E-state index is 0.377. The van der Waals surface area contributed by atoms with Gasteiger partial charge >= 0.3 is 5.97 Å². The zero-order valence-corrected chi connectivity index (χ0v) is 8.99. The first-order valence-electron chi connectivity index (χ1n) is 4.24. The lowest BCUT2D eigenvalue weighted by atomic mass is 10.2. The first-order valence-corrected chi connectivity index (χ1v) is 5.12. The van der Waals surface area contributed by atoms with E-state index in [1.165, 1.54) is 24.9 Å². The van der Waals surface area contributed by atoms with Gasteiger partial charge in [0.1, 0.15) is 6.29 Å². The molecule has 1 aromatic rings. The second kappa shape index (κ2) is 6.03. The van der Waals surface area contributed by atoms with Crippen molar-refractivity contribution < 1.29 is 14.3 Å². The molecule has 0 atom stereocenters. The fourth-order valence-electron chi connectivity index (χ4n) is 0.993. The van der Waals surface area contributed by atoms with Gasteiger partial charge in [0.15, 0.2) is 0 Å². The van der Waals surface area contributed by atoms with Crippen LogP contribution < -0.4 is 0 Å². The summed E-state index contributed by atoms with van der Waals surface area (Å²) in [6, 6.07) is 7.07. The Morgan fingerprint density at radius 2 is 2.13 bits per heavy atom. The van der Waals surface area contributed by atoms with Crippen LogP contribution in [0.25, 0.3) is 0 Å². The van der Waals surface area contributed by atoms with Gasteiger partial charge in [-0.25, -0.2) is 4.79 Å². The summed E-state index contributed by atoms with van der Waals surface area (Å²) < 4.78 is 4.64. The van der Waals surface area contributed by atoms with E-state index in [1.54, 1.807) is 23.6 Å². The molecule has 0 aliphatic carbocycles. The van der Waals surface area contributed by atoms with Gasteiger partial charge in [-0.3, -0.25) is 4.79 Å². The molecule has 0 N–H and O–H groups in total. The lowest BCUT2D eigenvalue weighted by Crippen LogP contribution is -2.02. The van der Waals surface area contributed by atoms with Crippen LogP contribution in [0.2, 0.25) is 0 Å². The number of aldehydes is 1. The zero-order chi connectivity index (χ0) is 11.1. The van der Waals surface area contributed by atoms with Crippen molar-refractivity contribution in [1.82, 2.24) is 0 Å². The molecule has 0 bridgehead atoms. The Labute approximate surface area is 92.1 Å². The Morgan fingerprint density at radius 1 is 1.40 bits per heavy atom. The SMILES string of the molecule is COC(=O)c1ccccc1S/C=C/C=O. The number of ether oxygens (including phenoxy) is 1. The van der Waals surface area contributed by atoms with Crippen LogP contribution in [0.1, 0.15) is 10.4 Å². The number of rotatable bonds is 4.